The van der Waals surface area contributed by atoms with E-state index in [9.17, 15) is 13.0 Å². The summed E-state index contributed by atoms with van der Waals surface area (Å²) in [6, 6.07) is 10.2. The van der Waals surface area contributed by atoms with E-state index >= 15 is 0 Å². The summed E-state index contributed by atoms with van der Waals surface area (Å²) in [5.74, 6) is 0. The van der Waals surface area contributed by atoms with Crippen LogP contribution in [0.1, 0.15) is 12.5 Å². The van der Waals surface area contributed by atoms with Gasteiger partial charge in [-0.2, -0.15) is 0 Å². The summed E-state index contributed by atoms with van der Waals surface area (Å²) in [7, 11) is -4.36. The Bertz CT molecular complexity index is 635. The minimum absolute atomic E-state index is 0. The first-order valence-electron chi connectivity index (χ1n) is 4.99. The topological polar surface area (TPSA) is 57.2 Å². The Balaban J connectivity index is 0.00000144. The van der Waals surface area contributed by atoms with Crippen LogP contribution in [0.2, 0.25) is 0 Å². The van der Waals surface area contributed by atoms with Gasteiger partial charge in [-0.25, -0.2) is 8.42 Å². The number of rotatable bonds is 2. The second kappa shape index (κ2) is 5.50. The predicted octanol–water partition coefficient (Wildman–Crippen LogP) is -0.690. The number of hydrogen-bond donors (Lipinski definition) is 0. The van der Waals surface area contributed by atoms with E-state index in [1.807, 2.05) is 18.2 Å². The first-order valence-corrected chi connectivity index (χ1v) is 6.40. The smallest absolute Gasteiger partial charge is 0.744 e. The molecule has 0 heterocycles. The van der Waals surface area contributed by atoms with E-state index in [0.29, 0.717) is 0 Å². The Kier molecular flexibility index (Phi) is 4.75. The molecule has 0 radical (unpaired) electrons. The van der Waals surface area contributed by atoms with Crippen molar-refractivity contribution in [1.29, 1.82) is 0 Å². The van der Waals surface area contributed by atoms with Crippen LogP contribution < -0.4 is 29.6 Å². The van der Waals surface area contributed by atoms with Gasteiger partial charge in [0.15, 0.2) is 0 Å². The Morgan fingerprint density at radius 3 is 2.24 bits per heavy atom. The quantitative estimate of drug-likeness (QED) is 0.529. The van der Waals surface area contributed by atoms with Gasteiger partial charge in [0.1, 0.15) is 10.1 Å². The summed E-state index contributed by atoms with van der Waals surface area (Å²) < 4.78 is 32.5. The van der Waals surface area contributed by atoms with Crippen molar-refractivity contribution in [3.8, 4) is 0 Å². The van der Waals surface area contributed by atoms with E-state index in [4.69, 9.17) is 0 Å². The molecule has 0 unspecified atom stereocenters. The van der Waals surface area contributed by atoms with Gasteiger partial charge in [0, 0.05) is 0 Å². The van der Waals surface area contributed by atoms with E-state index in [-0.39, 0.29) is 34.5 Å². The van der Waals surface area contributed by atoms with Crippen molar-refractivity contribution in [2.24, 2.45) is 0 Å². The predicted molar refractivity (Wildman–Crippen MR) is 61.3 cm³/mol. The van der Waals surface area contributed by atoms with Crippen molar-refractivity contribution in [2.45, 2.75) is 18.2 Å². The van der Waals surface area contributed by atoms with Gasteiger partial charge in [-0.1, -0.05) is 31.2 Å². The van der Waals surface area contributed by atoms with Crippen LogP contribution in [0.4, 0.5) is 0 Å². The Morgan fingerprint density at radius 2 is 1.65 bits per heavy atom. The molecule has 0 aliphatic heterocycles. The van der Waals surface area contributed by atoms with Crippen molar-refractivity contribution in [2.75, 3.05) is 0 Å². The van der Waals surface area contributed by atoms with E-state index in [2.05, 4.69) is 6.92 Å². The number of hydrogen-bond acceptors (Lipinski definition) is 3. The van der Waals surface area contributed by atoms with E-state index in [0.717, 1.165) is 17.2 Å². The van der Waals surface area contributed by atoms with Gasteiger partial charge in [0.05, 0.1) is 4.90 Å². The molecule has 17 heavy (non-hydrogen) atoms. The van der Waals surface area contributed by atoms with Gasteiger partial charge in [-0.05, 0) is 34.9 Å². The molecule has 0 bridgehead atoms. The molecule has 2 aromatic carbocycles. The number of aryl methyl sites for hydroxylation is 1. The average molecular weight is 258 g/mol. The van der Waals surface area contributed by atoms with E-state index < -0.39 is 10.1 Å². The first-order chi connectivity index (χ1) is 7.50. The number of benzene rings is 2. The molecule has 0 saturated carbocycles. The third-order valence-electron chi connectivity index (χ3n) is 2.57. The summed E-state index contributed by atoms with van der Waals surface area (Å²) >= 11 is 0. The van der Waals surface area contributed by atoms with Crippen molar-refractivity contribution < 1.29 is 42.5 Å². The largest absolute Gasteiger partial charge is 1.00 e. The zero-order valence-corrected chi connectivity index (χ0v) is 12.6. The summed E-state index contributed by atoms with van der Waals surface area (Å²) in [5.41, 5.74) is 1.19. The molecular weight excluding hydrogens is 247 g/mol. The van der Waals surface area contributed by atoms with Gasteiger partial charge in [0.25, 0.3) is 0 Å². The third-order valence-corrected chi connectivity index (χ3v) is 3.40. The third kappa shape index (κ3) is 3.30. The van der Waals surface area contributed by atoms with Gasteiger partial charge in [0.2, 0.25) is 0 Å². The van der Waals surface area contributed by atoms with Crippen LogP contribution in [0.25, 0.3) is 10.8 Å². The average Bonchev–Trinajstić information content (AvgIpc) is 2.26. The van der Waals surface area contributed by atoms with Crippen molar-refractivity contribution in [3.63, 3.8) is 0 Å². The van der Waals surface area contributed by atoms with Gasteiger partial charge in [-0.3, -0.25) is 0 Å². The summed E-state index contributed by atoms with van der Waals surface area (Å²) in [4.78, 5) is -0.177. The fraction of sp³-hybridized carbons (Fsp3) is 0.167. The molecule has 0 aliphatic carbocycles. The van der Waals surface area contributed by atoms with Crippen LogP contribution in [-0.2, 0) is 16.5 Å². The maximum absolute atomic E-state index is 10.8. The molecule has 0 spiro atoms. The van der Waals surface area contributed by atoms with Crippen LogP contribution in [0.5, 0.6) is 0 Å². The molecule has 0 aliphatic rings. The molecule has 0 aromatic heterocycles. The van der Waals surface area contributed by atoms with Crippen LogP contribution >= 0.6 is 0 Å². The molecule has 84 valence electrons. The molecule has 5 heteroatoms. The molecule has 2 aromatic rings. The fourth-order valence-corrected chi connectivity index (χ4v) is 2.15. The summed E-state index contributed by atoms with van der Waals surface area (Å²) in [6.45, 7) is 2.05. The van der Waals surface area contributed by atoms with Crippen molar-refractivity contribution >= 4 is 20.9 Å². The normalized spacial score (nSPS) is 11.2. The zero-order chi connectivity index (χ0) is 11.8. The first kappa shape index (κ1) is 14.7. The molecule has 2 rings (SSSR count). The Hall–Kier alpha value is -0.390. The van der Waals surface area contributed by atoms with Crippen molar-refractivity contribution in [3.05, 3.63) is 42.0 Å². The minimum atomic E-state index is -4.36. The zero-order valence-electron chi connectivity index (χ0n) is 9.80. The van der Waals surface area contributed by atoms with Gasteiger partial charge in [-0.15, -0.1) is 0 Å². The van der Waals surface area contributed by atoms with Gasteiger partial charge < -0.3 is 4.55 Å². The van der Waals surface area contributed by atoms with Gasteiger partial charge >= 0.3 is 29.6 Å². The Morgan fingerprint density at radius 1 is 1.06 bits per heavy atom. The SMILES string of the molecule is CCc1ccc2cc(S(=O)(=O)[O-])ccc2c1.[Na+]. The maximum Gasteiger partial charge on any atom is 1.00 e. The summed E-state index contributed by atoms with van der Waals surface area (Å²) in [5, 5.41) is 1.72. The number of fused-ring (bicyclic) bond motifs is 1. The van der Waals surface area contributed by atoms with Crippen LogP contribution in [0.15, 0.2) is 41.3 Å². The summed E-state index contributed by atoms with van der Waals surface area (Å²) in [6.07, 6.45) is 0.928. The molecule has 0 N–H and O–H groups in total. The maximum atomic E-state index is 10.8. The molecule has 0 fully saturated rings. The van der Waals surface area contributed by atoms with Crippen molar-refractivity contribution in [1.82, 2.24) is 0 Å². The minimum Gasteiger partial charge on any atom is -0.744 e. The van der Waals surface area contributed by atoms with E-state index in [1.54, 1.807) is 6.07 Å². The Labute approximate surface area is 123 Å². The van der Waals surface area contributed by atoms with Crippen LogP contribution in [0.3, 0.4) is 0 Å². The molecule has 0 amide bonds. The second-order valence-electron chi connectivity index (χ2n) is 3.65. The standard InChI is InChI=1S/C12H12O3S.Na/c1-2-9-3-4-11-8-12(16(13,14)15)6-5-10(11)7-9;/h3-8H,2H2,1H3,(H,13,14,15);/q;+1/p-1. The fourth-order valence-electron chi connectivity index (χ4n) is 1.65. The molecule has 0 saturated heterocycles. The monoisotopic (exact) mass is 258 g/mol. The second-order valence-corrected chi connectivity index (χ2v) is 5.03. The molecule has 0 atom stereocenters. The van der Waals surface area contributed by atoms with Crippen LogP contribution in [-0.4, -0.2) is 13.0 Å². The molecular formula is C12H11NaO3S. The molecule has 3 nitrogen and oxygen atoms in total. The van der Waals surface area contributed by atoms with E-state index in [1.165, 1.54) is 17.7 Å². The van der Waals surface area contributed by atoms with Crippen LogP contribution in [0, 0.1) is 0 Å².